The molecule has 0 aliphatic heterocycles. The molecule has 60 valence electrons. The van der Waals surface area contributed by atoms with Gasteiger partial charge < -0.3 is 15.3 Å². The fraction of sp³-hybridized carbons (Fsp3) is 0.833. The summed E-state index contributed by atoms with van der Waals surface area (Å²) in [6.45, 7) is 1.58. The molecule has 4 heteroatoms. The van der Waals surface area contributed by atoms with Gasteiger partial charge in [-0.3, -0.25) is 0 Å². The summed E-state index contributed by atoms with van der Waals surface area (Å²) in [4.78, 5) is 10.0. The van der Waals surface area contributed by atoms with E-state index < -0.39 is 12.1 Å². The first-order valence-electron chi connectivity index (χ1n) is 3.09. The number of carbonyl (C=O) groups is 1. The maximum absolute atomic E-state index is 10.0. The maximum Gasteiger partial charge on any atom is 0.332 e. The molecular formula is C6H12O4. The Morgan fingerprint density at radius 1 is 1.60 bits per heavy atom. The van der Waals surface area contributed by atoms with Gasteiger partial charge in [-0.1, -0.05) is 6.92 Å². The molecule has 0 amide bonds. The van der Waals surface area contributed by atoms with Crippen molar-refractivity contribution in [2.24, 2.45) is 5.92 Å². The van der Waals surface area contributed by atoms with Crippen LogP contribution < -0.4 is 0 Å². The van der Waals surface area contributed by atoms with Crippen molar-refractivity contribution in [2.45, 2.75) is 19.4 Å². The van der Waals surface area contributed by atoms with Crippen molar-refractivity contribution >= 4 is 5.97 Å². The number of hydrogen-bond donors (Lipinski definition) is 3. The van der Waals surface area contributed by atoms with Gasteiger partial charge in [-0.05, 0) is 12.3 Å². The summed E-state index contributed by atoms with van der Waals surface area (Å²) in [7, 11) is 0. The monoisotopic (exact) mass is 148 g/mol. The molecule has 0 saturated carbocycles. The van der Waals surface area contributed by atoms with Gasteiger partial charge >= 0.3 is 5.97 Å². The highest BCUT2D eigenvalue weighted by molar-refractivity contribution is 5.71. The summed E-state index contributed by atoms with van der Waals surface area (Å²) in [6, 6.07) is 0. The molecule has 0 heterocycles. The van der Waals surface area contributed by atoms with E-state index in [4.69, 9.17) is 15.3 Å². The molecule has 4 nitrogen and oxygen atoms in total. The van der Waals surface area contributed by atoms with Crippen LogP contribution in [-0.2, 0) is 4.79 Å². The van der Waals surface area contributed by atoms with E-state index in [0.717, 1.165) is 0 Å². The predicted molar refractivity (Wildman–Crippen MR) is 34.5 cm³/mol. The van der Waals surface area contributed by atoms with Crippen molar-refractivity contribution in [3.05, 3.63) is 0 Å². The smallest absolute Gasteiger partial charge is 0.332 e. The van der Waals surface area contributed by atoms with Crippen molar-refractivity contribution in [1.29, 1.82) is 0 Å². The van der Waals surface area contributed by atoms with E-state index in [1.165, 1.54) is 0 Å². The first kappa shape index (κ1) is 9.39. The van der Waals surface area contributed by atoms with Gasteiger partial charge in [0.05, 0.1) is 0 Å². The Bertz CT molecular complexity index is 112. The lowest BCUT2D eigenvalue weighted by atomic mass is 10.1. The van der Waals surface area contributed by atoms with Gasteiger partial charge in [-0.2, -0.15) is 0 Å². The quantitative estimate of drug-likeness (QED) is 0.500. The van der Waals surface area contributed by atoms with Gasteiger partial charge in [0.2, 0.25) is 0 Å². The van der Waals surface area contributed by atoms with Crippen LogP contribution in [0.3, 0.4) is 0 Å². The zero-order chi connectivity index (χ0) is 8.15. The van der Waals surface area contributed by atoms with Crippen molar-refractivity contribution in [2.75, 3.05) is 6.61 Å². The molecule has 0 aliphatic carbocycles. The van der Waals surface area contributed by atoms with E-state index in [1.807, 2.05) is 0 Å². The Balaban J connectivity index is 3.56. The fourth-order valence-corrected chi connectivity index (χ4v) is 0.556. The van der Waals surface area contributed by atoms with Gasteiger partial charge in [-0.15, -0.1) is 0 Å². The Hall–Kier alpha value is -0.610. The van der Waals surface area contributed by atoms with Crippen molar-refractivity contribution in [3.8, 4) is 0 Å². The van der Waals surface area contributed by atoms with Gasteiger partial charge in [-0.25, -0.2) is 4.79 Å². The predicted octanol–water partition coefficient (Wildman–Crippen LogP) is -0.550. The van der Waals surface area contributed by atoms with E-state index in [9.17, 15) is 4.79 Å². The molecule has 0 radical (unpaired) electrons. The highest BCUT2D eigenvalue weighted by Gasteiger charge is 2.15. The second-order valence-corrected chi connectivity index (χ2v) is 2.38. The van der Waals surface area contributed by atoms with Crippen LogP contribution in [0.5, 0.6) is 0 Å². The summed E-state index contributed by atoms with van der Waals surface area (Å²) in [5.41, 5.74) is 0. The zero-order valence-corrected chi connectivity index (χ0v) is 5.82. The minimum Gasteiger partial charge on any atom is -0.479 e. The summed E-state index contributed by atoms with van der Waals surface area (Å²) in [6.07, 6.45) is -1.24. The van der Waals surface area contributed by atoms with Crippen LogP contribution >= 0.6 is 0 Å². The Labute approximate surface area is 59.1 Å². The van der Waals surface area contributed by atoms with Gasteiger partial charge in [0.1, 0.15) is 0 Å². The van der Waals surface area contributed by atoms with Crippen molar-refractivity contribution in [1.82, 2.24) is 0 Å². The van der Waals surface area contributed by atoms with Crippen LogP contribution in [0.15, 0.2) is 0 Å². The number of aliphatic hydroxyl groups excluding tert-OH is 2. The normalized spacial score (nSPS) is 16.3. The largest absolute Gasteiger partial charge is 0.479 e. The topological polar surface area (TPSA) is 77.8 Å². The van der Waals surface area contributed by atoms with Crippen LogP contribution in [0.4, 0.5) is 0 Å². The number of carboxylic acid groups (broad SMARTS) is 1. The average molecular weight is 148 g/mol. The minimum atomic E-state index is -1.35. The highest BCUT2D eigenvalue weighted by Crippen LogP contribution is 2.04. The van der Waals surface area contributed by atoms with Crippen molar-refractivity contribution < 1.29 is 20.1 Å². The second kappa shape index (κ2) is 4.24. The molecule has 2 unspecified atom stereocenters. The molecule has 0 fully saturated rings. The van der Waals surface area contributed by atoms with E-state index in [1.54, 1.807) is 6.92 Å². The zero-order valence-electron chi connectivity index (χ0n) is 5.82. The number of rotatable bonds is 4. The third kappa shape index (κ3) is 3.42. The lowest BCUT2D eigenvalue weighted by Crippen LogP contribution is -2.23. The summed E-state index contributed by atoms with van der Waals surface area (Å²) < 4.78 is 0. The molecule has 0 aromatic carbocycles. The first-order valence-corrected chi connectivity index (χ1v) is 3.09. The van der Waals surface area contributed by atoms with E-state index in [0.29, 0.717) is 0 Å². The third-order valence-corrected chi connectivity index (χ3v) is 1.22. The van der Waals surface area contributed by atoms with E-state index in [2.05, 4.69) is 0 Å². The Morgan fingerprint density at radius 2 is 2.10 bits per heavy atom. The molecule has 0 aromatic heterocycles. The molecule has 0 rings (SSSR count). The van der Waals surface area contributed by atoms with Crippen LogP contribution in [-0.4, -0.2) is 34.0 Å². The second-order valence-electron chi connectivity index (χ2n) is 2.38. The van der Waals surface area contributed by atoms with Crippen LogP contribution in [0.1, 0.15) is 13.3 Å². The molecule has 0 aliphatic rings. The van der Waals surface area contributed by atoms with Gasteiger partial charge in [0.25, 0.3) is 0 Å². The highest BCUT2D eigenvalue weighted by atomic mass is 16.4. The SMILES string of the molecule is CC(CO)CC(O)C(=O)O. The maximum atomic E-state index is 10.0. The molecular weight excluding hydrogens is 136 g/mol. The van der Waals surface area contributed by atoms with Crippen LogP contribution in [0, 0.1) is 5.92 Å². The molecule has 10 heavy (non-hydrogen) atoms. The summed E-state index contributed by atoms with van der Waals surface area (Å²) in [5, 5.41) is 25.4. The number of carboxylic acids is 1. The van der Waals surface area contributed by atoms with Crippen LogP contribution in [0.25, 0.3) is 0 Å². The lowest BCUT2D eigenvalue weighted by molar-refractivity contribution is -0.147. The summed E-state index contributed by atoms with van der Waals surface area (Å²) in [5.74, 6) is -1.40. The van der Waals surface area contributed by atoms with Crippen molar-refractivity contribution in [3.63, 3.8) is 0 Å². The molecule has 3 N–H and O–H groups in total. The summed E-state index contributed by atoms with van der Waals surface area (Å²) >= 11 is 0. The molecule has 0 spiro atoms. The Kier molecular flexibility index (Phi) is 3.99. The number of aliphatic carboxylic acids is 1. The number of hydrogen-bond acceptors (Lipinski definition) is 3. The van der Waals surface area contributed by atoms with E-state index in [-0.39, 0.29) is 18.9 Å². The Morgan fingerprint density at radius 3 is 2.40 bits per heavy atom. The molecule has 2 atom stereocenters. The number of aliphatic hydroxyl groups is 2. The molecule has 0 aromatic rings. The fourth-order valence-electron chi connectivity index (χ4n) is 0.556. The average Bonchev–Trinajstić information content (AvgIpc) is 1.87. The minimum absolute atomic E-state index is 0.0929. The van der Waals surface area contributed by atoms with Gasteiger partial charge in [0.15, 0.2) is 6.10 Å². The third-order valence-electron chi connectivity index (χ3n) is 1.22. The first-order chi connectivity index (χ1) is 4.57. The van der Waals surface area contributed by atoms with E-state index >= 15 is 0 Å². The standard InChI is InChI=1S/C6H12O4/c1-4(3-7)2-5(8)6(9)10/h4-5,7-8H,2-3H2,1H3,(H,9,10). The molecule has 0 bridgehead atoms. The van der Waals surface area contributed by atoms with Gasteiger partial charge in [0, 0.05) is 6.61 Å². The van der Waals surface area contributed by atoms with Crippen LogP contribution in [0.2, 0.25) is 0 Å². The lowest BCUT2D eigenvalue weighted by Gasteiger charge is -2.09. The molecule has 0 saturated heterocycles.